The predicted molar refractivity (Wildman–Crippen MR) is 95.7 cm³/mol. The van der Waals surface area contributed by atoms with Gasteiger partial charge in [0.15, 0.2) is 5.43 Å². The number of carbonyl (C=O) groups is 1. The second-order valence-corrected chi connectivity index (χ2v) is 5.27. The summed E-state index contributed by atoms with van der Waals surface area (Å²) >= 11 is 0. The second-order valence-electron chi connectivity index (χ2n) is 5.27. The summed E-state index contributed by atoms with van der Waals surface area (Å²) < 4.78 is 4.87. The molecule has 2 aromatic carbocycles. The zero-order valence-electron chi connectivity index (χ0n) is 13.3. The van der Waals surface area contributed by atoms with Crippen molar-refractivity contribution in [2.75, 3.05) is 6.61 Å². The van der Waals surface area contributed by atoms with Gasteiger partial charge in [0.1, 0.15) is 0 Å². The summed E-state index contributed by atoms with van der Waals surface area (Å²) in [6, 6.07) is 16.8. The van der Waals surface area contributed by atoms with Crippen LogP contribution in [0.2, 0.25) is 0 Å². The number of benzene rings is 2. The highest BCUT2D eigenvalue weighted by Crippen LogP contribution is 2.20. The molecule has 0 aliphatic rings. The van der Waals surface area contributed by atoms with Crippen molar-refractivity contribution < 1.29 is 9.53 Å². The molecule has 0 bridgehead atoms. The number of H-pyrrole nitrogens is 1. The Bertz CT molecular complexity index is 956. The van der Waals surface area contributed by atoms with Gasteiger partial charge in [0.05, 0.1) is 17.5 Å². The summed E-state index contributed by atoms with van der Waals surface area (Å²) in [5.41, 5.74) is 3.03. The molecule has 1 aromatic heterocycles. The summed E-state index contributed by atoms with van der Waals surface area (Å²) in [6.45, 7) is 2.07. The summed E-state index contributed by atoms with van der Waals surface area (Å²) in [4.78, 5) is 27.4. The smallest absolute Gasteiger partial charge is 0.330 e. The topological polar surface area (TPSA) is 59.2 Å². The first-order valence-corrected chi connectivity index (χ1v) is 7.75. The molecule has 0 radical (unpaired) electrons. The molecule has 4 heteroatoms. The second kappa shape index (κ2) is 6.96. The summed E-state index contributed by atoms with van der Waals surface area (Å²) in [5.74, 6) is -0.424. The summed E-state index contributed by atoms with van der Waals surface area (Å²) in [5, 5.41) is 0.553. The van der Waals surface area contributed by atoms with Crippen LogP contribution in [0.15, 0.2) is 65.5 Å². The minimum atomic E-state index is -0.424. The van der Waals surface area contributed by atoms with Crippen LogP contribution in [0.25, 0.3) is 28.2 Å². The minimum absolute atomic E-state index is 0.0910. The Hall–Kier alpha value is -3.14. The lowest BCUT2D eigenvalue weighted by molar-refractivity contribution is -0.137. The van der Waals surface area contributed by atoms with E-state index < -0.39 is 5.97 Å². The molecule has 3 aromatic rings. The molecule has 0 saturated carbocycles. The van der Waals surface area contributed by atoms with Crippen LogP contribution in [0.1, 0.15) is 12.5 Å². The predicted octanol–water partition coefficient (Wildman–Crippen LogP) is 3.77. The molecule has 0 atom stereocenters. The van der Waals surface area contributed by atoms with Crippen molar-refractivity contribution in [3.8, 4) is 11.3 Å². The Labute approximate surface area is 139 Å². The number of rotatable bonds is 4. The molecule has 1 heterocycles. The van der Waals surface area contributed by atoms with Crippen LogP contribution < -0.4 is 5.43 Å². The van der Waals surface area contributed by atoms with Crippen LogP contribution in [-0.4, -0.2) is 17.6 Å². The van der Waals surface area contributed by atoms with E-state index >= 15 is 0 Å². The van der Waals surface area contributed by atoms with Gasteiger partial charge in [0.2, 0.25) is 0 Å². The standard InChI is InChI=1S/C20H17NO3/c1-2-24-19(23)12-11-15-9-6-10-16-20(15)18(22)13-17(21-16)14-7-4-3-5-8-14/h3-13H,2H2,1H3,(H,21,22)/b12-11+. The van der Waals surface area contributed by atoms with E-state index in [0.29, 0.717) is 17.6 Å². The molecule has 24 heavy (non-hydrogen) atoms. The van der Waals surface area contributed by atoms with Gasteiger partial charge in [0, 0.05) is 17.8 Å². The summed E-state index contributed by atoms with van der Waals surface area (Å²) in [6.07, 6.45) is 2.95. The minimum Gasteiger partial charge on any atom is -0.463 e. The highest BCUT2D eigenvalue weighted by Gasteiger charge is 2.07. The van der Waals surface area contributed by atoms with E-state index in [2.05, 4.69) is 4.98 Å². The lowest BCUT2D eigenvalue weighted by Crippen LogP contribution is -2.05. The fourth-order valence-electron chi connectivity index (χ4n) is 2.59. The molecule has 1 N–H and O–H groups in total. The van der Waals surface area contributed by atoms with Gasteiger partial charge in [-0.2, -0.15) is 0 Å². The molecule has 4 nitrogen and oxygen atoms in total. The van der Waals surface area contributed by atoms with Crippen molar-refractivity contribution in [3.05, 3.63) is 76.5 Å². The highest BCUT2D eigenvalue weighted by atomic mass is 16.5. The van der Waals surface area contributed by atoms with Gasteiger partial charge in [-0.15, -0.1) is 0 Å². The van der Waals surface area contributed by atoms with Crippen LogP contribution in [0.5, 0.6) is 0 Å². The first-order valence-electron chi connectivity index (χ1n) is 7.75. The van der Waals surface area contributed by atoms with E-state index in [1.54, 1.807) is 25.1 Å². The third kappa shape index (κ3) is 3.27. The fourth-order valence-corrected chi connectivity index (χ4v) is 2.59. The van der Waals surface area contributed by atoms with Gasteiger partial charge < -0.3 is 9.72 Å². The Morgan fingerprint density at radius 2 is 1.92 bits per heavy atom. The Kier molecular flexibility index (Phi) is 4.57. The van der Waals surface area contributed by atoms with E-state index in [4.69, 9.17) is 4.74 Å². The average Bonchev–Trinajstić information content (AvgIpc) is 2.60. The molecule has 0 saturated heterocycles. The van der Waals surface area contributed by atoms with Crippen molar-refractivity contribution in [1.29, 1.82) is 0 Å². The lowest BCUT2D eigenvalue weighted by atomic mass is 10.0. The van der Waals surface area contributed by atoms with Crippen molar-refractivity contribution in [3.63, 3.8) is 0 Å². The Morgan fingerprint density at radius 3 is 2.67 bits per heavy atom. The normalized spacial score (nSPS) is 11.0. The number of esters is 1. The first-order chi connectivity index (χ1) is 11.7. The van der Waals surface area contributed by atoms with Gasteiger partial charge in [-0.25, -0.2) is 4.79 Å². The molecule has 120 valence electrons. The van der Waals surface area contributed by atoms with Crippen LogP contribution in [0.3, 0.4) is 0 Å². The molecular weight excluding hydrogens is 302 g/mol. The van der Waals surface area contributed by atoms with Crippen LogP contribution in [0.4, 0.5) is 0 Å². The quantitative estimate of drug-likeness (QED) is 0.588. The number of carbonyl (C=O) groups excluding carboxylic acids is 1. The van der Waals surface area contributed by atoms with E-state index in [9.17, 15) is 9.59 Å². The maximum absolute atomic E-state index is 12.6. The summed E-state index contributed by atoms with van der Waals surface area (Å²) in [7, 11) is 0. The van der Waals surface area contributed by atoms with Crippen molar-refractivity contribution >= 4 is 22.9 Å². The Balaban J connectivity index is 2.08. The number of aromatic amines is 1. The fraction of sp³-hybridized carbons (Fsp3) is 0.100. The highest BCUT2D eigenvalue weighted by molar-refractivity contribution is 5.94. The van der Waals surface area contributed by atoms with E-state index in [1.807, 2.05) is 42.5 Å². The molecule has 0 aliphatic carbocycles. The number of fused-ring (bicyclic) bond motifs is 1. The number of hydrogen-bond acceptors (Lipinski definition) is 3. The maximum Gasteiger partial charge on any atom is 0.330 e. The molecule has 0 unspecified atom stereocenters. The molecular formula is C20H17NO3. The van der Waals surface area contributed by atoms with E-state index in [-0.39, 0.29) is 5.43 Å². The number of pyridine rings is 1. The van der Waals surface area contributed by atoms with Gasteiger partial charge in [-0.1, -0.05) is 42.5 Å². The molecule has 0 spiro atoms. The zero-order chi connectivity index (χ0) is 16.9. The first kappa shape index (κ1) is 15.7. The van der Waals surface area contributed by atoms with E-state index in [1.165, 1.54) is 6.08 Å². The van der Waals surface area contributed by atoms with E-state index in [0.717, 1.165) is 16.8 Å². The van der Waals surface area contributed by atoms with Crippen LogP contribution >= 0.6 is 0 Å². The van der Waals surface area contributed by atoms with Gasteiger partial charge in [-0.3, -0.25) is 4.79 Å². The Morgan fingerprint density at radius 1 is 1.12 bits per heavy atom. The largest absolute Gasteiger partial charge is 0.463 e. The third-order valence-corrected chi connectivity index (χ3v) is 3.66. The maximum atomic E-state index is 12.6. The van der Waals surface area contributed by atoms with Gasteiger partial charge in [0.25, 0.3) is 0 Å². The molecule has 3 rings (SSSR count). The number of hydrogen-bond donors (Lipinski definition) is 1. The zero-order valence-corrected chi connectivity index (χ0v) is 13.3. The van der Waals surface area contributed by atoms with Crippen LogP contribution in [0, 0.1) is 0 Å². The lowest BCUT2D eigenvalue weighted by Gasteiger charge is -2.06. The van der Waals surface area contributed by atoms with Crippen molar-refractivity contribution in [1.82, 2.24) is 4.98 Å². The number of aromatic nitrogens is 1. The monoisotopic (exact) mass is 319 g/mol. The average molecular weight is 319 g/mol. The van der Waals surface area contributed by atoms with Crippen molar-refractivity contribution in [2.45, 2.75) is 6.92 Å². The number of nitrogens with one attached hydrogen (secondary N) is 1. The van der Waals surface area contributed by atoms with Crippen LogP contribution in [-0.2, 0) is 9.53 Å². The SMILES string of the molecule is CCOC(=O)/C=C/c1cccc2[nH]c(-c3ccccc3)cc(=O)c12. The molecule has 0 fully saturated rings. The van der Waals surface area contributed by atoms with Gasteiger partial charge >= 0.3 is 5.97 Å². The number of ether oxygens (including phenoxy) is 1. The van der Waals surface area contributed by atoms with Gasteiger partial charge in [-0.05, 0) is 30.2 Å². The third-order valence-electron chi connectivity index (χ3n) is 3.66. The molecule has 0 amide bonds. The van der Waals surface area contributed by atoms with Crippen molar-refractivity contribution in [2.24, 2.45) is 0 Å². The molecule has 0 aliphatic heterocycles.